The van der Waals surface area contributed by atoms with Crippen molar-refractivity contribution in [2.24, 2.45) is 7.05 Å². The van der Waals surface area contributed by atoms with Crippen LogP contribution < -0.4 is 5.32 Å². The van der Waals surface area contributed by atoms with Crippen LogP contribution >= 0.6 is 0 Å². The highest BCUT2D eigenvalue weighted by molar-refractivity contribution is 5.76. The average Bonchev–Trinajstić information content (AvgIpc) is 2.61. The van der Waals surface area contributed by atoms with E-state index >= 15 is 0 Å². The lowest BCUT2D eigenvalue weighted by molar-refractivity contribution is 0.671. The topological polar surface area (TPSA) is 29.9 Å². The van der Waals surface area contributed by atoms with E-state index in [-0.39, 0.29) is 0 Å². The molecule has 0 spiro atoms. The lowest BCUT2D eigenvalue weighted by Crippen LogP contribution is -2.17. The molecule has 0 bridgehead atoms. The first-order chi connectivity index (χ1) is 8.22. The molecule has 0 unspecified atom stereocenters. The molecular formula is C14H21N3. The van der Waals surface area contributed by atoms with Gasteiger partial charge < -0.3 is 9.88 Å². The SMILES string of the molecule is CCCNCCc1ccc2c(c1)nc(C)n2C. The van der Waals surface area contributed by atoms with Gasteiger partial charge in [-0.3, -0.25) is 0 Å². The van der Waals surface area contributed by atoms with Gasteiger partial charge in [0.1, 0.15) is 5.82 Å². The van der Waals surface area contributed by atoms with Crippen molar-refractivity contribution in [1.82, 2.24) is 14.9 Å². The highest BCUT2D eigenvalue weighted by Gasteiger charge is 2.04. The van der Waals surface area contributed by atoms with Crippen LogP contribution in [-0.4, -0.2) is 22.6 Å². The second-order valence-corrected chi connectivity index (χ2v) is 4.54. The Bertz CT molecular complexity index is 499. The normalized spacial score (nSPS) is 11.2. The molecule has 3 heteroatoms. The van der Waals surface area contributed by atoms with Gasteiger partial charge in [-0.25, -0.2) is 4.98 Å². The molecule has 0 radical (unpaired) electrons. The van der Waals surface area contributed by atoms with E-state index in [9.17, 15) is 0 Å². The lowest BCUT2D eigenvalue weighted by atomic mass is 10.1. The predicted molar refractivity (Wildman–Crippen MR) is 72.3 cm³/mol. The minimum Gasteiger partial charge on any atom is -0.331 e. The maximum absolute atomic E-state index is 4.56. The summed E-state index contributed by atoms with van der Waals surface area (Å²) in [6, 6.07) is 6.58. The number of hydrogen-bond donors (Lipinski definition) is 1. The van der Waals surface area contributed by atoms with Gasteiger partial charge >= 0.3 is 0 Å². The zero-order chi connectivity index (χ0) is 12.3. The summed E-state index contributed by atoms with van der Waals surface area (Å²) in [6.07, 6.45) is 2.27. The minimum atomic E-state index is 1.05. The molecule has 0 aliphatic rings. The molecule has 1 aromatic heterocycles. The molecule has 0 aliphatic carbocycles. The first kappa shape index (κ1) is 12.1. The molecular weight excluding hydrogens is 210 g/mol. The first-order valence-corrected chi connectivity index (χ1v) is 6.35. The molecule has 17 heavy (non-hydrogen) atoms. The van der Waals surface area contributed by atoms with Gasteiger partial charge in [0.15, 0.2) is 0 Å². The van der Waals surface area contributed by atoms with Crippen molar-refractivity contribution in [2.75, 3.05) is 13.1 Å². The van der Waals surface area contributed by atoms with Crippen LogP contribution in [0.15, 0.2) is 18.2 Å². The summed E-state index contributed by atoms with van der Waals surface area (Å²) in [5, 5.41) is 3.42. The predicted octanol–water partition coefficient (Wildman–Crippen LogP) is 2.42. The van der Waals surface area contributed by atoms with E-state index in [4.69, 9.17) is 0 Å². The Morgan fingerprint density at radius 2 is 2.12 bits per heavy atom. The Morgan fingerprint density at radius 1 is 1.29 bits per heavy atom. The molecule has 0 atom stereocenters. The van der Waals surface area contributed by atoms with Crippen LogP contribution in [-0.2, 0) is 13.5 Å². The van der Waals surface area contributed by atoms with Gasteiger partial charge in [-0.15, -0.1) is 0 Å². The molecule has 1 heterocycles. The summed E-state index contributed by atoms with van der Waals surface area (Å²) in [5.41, 5.74) is 3.69. The monoisotopic (exact) mass is 231 g/mol. The Balaban J connectivity index is 2.09. The summed E-state index contributed by atoms with van der Waals surface area (Å²) in [7, 11) is 2.06. The Hall–Kier alpha value is -1.35. The number of rotatable bonds is 5. The zero-order valence-electron chi connectivity index (χ0n) is 11.0. The first-order valence-electron chi connectivity index (χ1n) is 6.35. The number of aromatic nitrogens is 2. The Kier molecular flexibility index (Phi) is 3.79. The minimum absolute atomic E-state index is 1.05. The number of nitrogens with one attached hydrogen (secondary N) is 1. The number of aryl methyl sites for hydroxylation is 2. The molecule has 1 aromatic carbocycles. The van der Waals surface area contributed by atoms with Crippen LogP contribution in [0.2, 0.25) is 0 Å². The Labute approximate surface area is 103 Å². The van der Waals surface area contributed by atoms with Crippen LogP contribution in [0.25, 0.3) is 11.0 Å². The van der Waals surface area contributed by atoms with Crippen LogP contribution in [0.1, 0.15) is 24.7 Å². The maximum atomic E-state index is 4.56. The summed E-state index contributed by atoms with van der Waals surface area (Å²) in [4.78, 5) is 4.56. The van der Waals surface area contributed by atoms with E-state index in [0.29, 0.717) is 0 Å². The van der Waals surface area contributed by atoms with Crippen molar-refractivity contribution in [3.8, 4) is 0 Å². The summed E-state index contributed by atoms with van der Waals surface area (Å²) in [5.74, 6) is 1.07. The smallest absolute Gasteiger partial charge is 0.106 e. The quantitative estimate of drug-likeness (QED) is 0.801. The van der Waals surface area contributed by atoms with Crippen molar-refractivity contribution in [2.45, 2.75) is 26.7 Å². The molecule has 2 rings (SSSR count). The molecule has 1 N–H and O–H groups in total. The number of nitrogens with zero attached hydrogens (tertiary/aromatic N) is 2. The summed E-state index contributed by atoms with van der Waals surface area (Å²) in [6.45, 7) is 6.38. The second-order valence-electron chi connectivity index (χ2n) is 4.54. The maximum Gasteiger partial charge on any atom is 0.106 e. The van der Waals surface area contributed by atoms with E-state index in [2.05, 4.69) is 47.0 Å². The van der Waals surface area contributed by atoms with Crippen molar-refractivity contribution in [3.63, 3.8) is 0 Å². The van der Waals surface area contributed by atoms with Gasteiger partial charge in [0.2, 0.25) is 0 Å². The lowest BCUT2D eigenvalue weighted by Gasteiger charge is -2.03. The van der Waals surface area contributed by atoms with Crippen molar-refractivity contribution >= 4 is 11.0 Å². The fourth-order valence-corrected chi connectivity index (χ4v) is 2.06. The molecule has 92 valence electrons. The number of benzene rings is 1. The van der Waals surface area contributed by atoms with Crippen molar-refractivity contribution < 1.29 is 0 Å². The number of imidazole rings is 1. The number of hydrogen-bond acceptors (Lipinski definition) is 2. The third-order valence-electron chi connectivity index (χ3n) is 3.19. The largest absolute Gasteiger partial charge is 0.331 e. The fraction of sp³-hybridized carbons (Fsp3) is 0.500. The second kappa shape index (κ2) is 5.32. The van der Waals surface area contributed by atoms with E-state index in [1.807, 2.05) is 6.92 Å². The van der Waals surface area contributed by atoms with Crippen LogP contribution in [0.5, 0.6) is 0 Å². The van der Waals surface area contributed by atoms with Crippen LogP contribution in [0.3, 0.4) is 0 Å². The molecule has 3 nitrogen and oxygen atoms in total. The summed E-state index contributed by atoms with van der Waals surface area (Å²) >= 11 is 0. The van der Waals surface area contributed by atoms with E-state index in [1.165, 1.54) is 17.5 Å². The summed E-state index contributed by atoms with van der Waals surface area (Å²) < 4.78 is 2.13. The fourth-order valence-electron chi connectivity index (χ4n) is 2.06. The molecule has 0 amide bonds. The highest BCUT2D eigenvalue weighted by atomic mass is 15.0. The molecule has 2 aromatic rings. The number of fused-ring (bicyclic) bond motifs is 1. The van der Waals surface area contributed by atoms with Crippen LogP contribution in [0.4, 0.5) is 0 Å². The van der Waals surface area contributed by atoms with Crippen molar-refractivity contribution in [3.05, 3.63) is 29.6 Å². The van der Waals surface area contributed by atoms with Crippen molar-refractivity contribution in [1.29, 1.82) is 0 Å². The average molecular weight is 231 g/mol. The third kappa shape index (κ3) is 2.67. The molecule has 0 saturated carbocycles. The molecule has 0 aliphatic heterocycles. The third-order valence-corrected chi connectivity index (χ3v) is 3.19. The van der Waals surface area contributed by atoms with E-state index < -0.39 is 0 Å². The van der Waals surface area contributed by atoms with E-state index in [0.717, 1.165) is 30.9 Å². The van der Waals surface area contributed by atoms with Gasteiger partial charge in [0.25, 0.3) is 0 Å². The zero-order valence-corrected chi connectivity index (χ0v) is 11.0. The van der Waals surface area contributed by atoms with Gasteiger partial charge in [-0.1, -0.05) is 13.0 Å². The standard InChI is InChI=1S/C14H21N3/c1-4-8-15-9-7-12-5-6-14-13(10-12)16-11(2)17(14)3/h5-6,10,15H,4,7-9H2,1-3H3. The van der Waals surface area contributed by atoms with Gasteiger partial charge in [0, 0.05) is 7.05 Å². The molecule has 0 fully saturated rings. The Morgan fingerprint density at radius 3 is 2.88 bits per heavy atom. The van der Waals surface area contributed by atoms with Gasteiger partial charge in [0.05, 0.1) is 11.0 Å². The van der Waals surface area contributed by atoms with Gasteiger partial charge in [-0.2, -0.15) is 0 Å². The highest BCUT2D eigenvalue weighted by Crippen LogP contribution is 2.16. The molecule has 0 saturated heterocycles. The van der Waals surface area contributed by atoms with Gasteiger partial charge in [-0.05, 0) is 50.6 Å². The van der Waals surface area contributed by atoms with Crippen LogP contribution in [0, 0.1) is 6.92 Å². The van der Waals surface area contributed by atoms with E-state index in [1.54, 1.807) is 0 Å².